The molecule has 1 unspecified atom stereocenters. The summed E-state index contributed by atoms with van der Waals surface area (Å²) in [5, 5.41) is 19.1. The highest BCUT2D eigenvalue weighted by atomic mass is 19.1. The fraction of sp³-hybridized carbons (Fsp3) is 0.158. The van der Waals surface area contributed by atoms with Crippen molar-refractivity contribution in [1.82, 2.24) is 19.6 Å². The third-order valence-electron chi connectivity index (χ3n) is 4.37. The van der Waals surface area contributed by atoms with Crippen molar-refractivity contribution in [1.29, 1.82) is 0 Å². The fourth-order valence-electron chi connectivity index (χ4n) is 3.02. The molecule has 7 nitrogen and oxygen atoms in total. The maximum absolute atomic E-state index is 15.0. The number of hydrogen-bond donors (Lipinski definition) is 1. The molecule has 4 rings (SSSR count). The lowest BCUT2D eigenvalue weighted by Crippen LogP contribution is -2.12. The number of imidazole rings is 1. The predicted octanol–water partition coefficient (Wildman–Crippen LogP) is 3.01. The van der Waals surface area contributed by atoms with Gasteiger partial charge in [-0.15, -0.1) is 0 Å². The summed E-state index contributed by atoms with van der Waals surface area (Å²) in [6.45, 7) is 1.69. The molecule has 3 aromatic heterocycles. The van der Waals surface area contributed by atoms with E-state index in [2.05, 4.69) is 20.2 Å². The first-order chi connectivity index (χ1) is 13.5. The lowest BCUT2D eigenvalue weighted by molar-refractivity contribution is 0.202. The molecule has 0 aliphatic rings. The van der Waals surface area contributed by atoms with Crippen LogP contribution in [0.4, 0.5) is 8.78 Å². The summed E-state index contributed by atoms with van der Waals surface area (Å²) in [7, 11) is 1.41. The van der Waals surface area contributed by atoms with Crippen molar-refractivity contribution in [3.63, 3.8) is 0 Å². The van der Waals surface area contributed by atoms with Gasteiger partial charge in [-0.1, -0.05) is 5.16 Å². The number of nitrogens with zero attached hydrogens (tertiary/aromatic N) is 5. The molecule has 1 N–H and O–H groups in total. The Bertz CT molecular complexity index is 1220. The van der Waals surface area contributed by atoms with E-state index in [-0.39, 0.29) is 16.6 Å². The molecule has 0 saturated carbocycles. The third-order valence-corrected chi connectivity index (χ3v) is 4.37. The number of oxime groups is 1. The van der Waals surface area contributed by atoms with Crippen molar-refractivity contribution in [3.05, 3.63) is 71.3 Å². The minimum Gasteiger partial charge on any atom is -0.399 e. The number of halogens is 2. The zero-order chi connectivity index (χ0) is 19.8. The summed E-state index contributed by atoms with van der Waals surface area (Å²) in [5.41, 5.74) is 1.15. The van der Waals surface area contributed by atoms with Crippen molar-refractivity contribution in [2.45, 2.75) is 13.0 Å². The number of rotatable bonds is 4. The average molecular weight is 383 g/mol. The van der Waals surface area contributed by atoms with E-state index in [9.17, 15) is 13.9 Å². The second kappa shape index (κ2) is 6.93. The molecular weight excluding hydrogens is 368 g/mol. The van der Waals surface area contributed by atoms with E-state index in [0.717, 1.165) is 6.07 Å². The van der Waals surface area contributed by atoms with Crippen molar-refractivity contribution >= 4 is 22.3 Å². The topological polar surface area (TPSA) is 84.9 Å². The molecule has 0 spiro atoms. The molecule has 0 aliphatic carbocycles. The van der Waals surface area contributed by atoms with Crippen molar-refractivity contribution in [2.24, 2.45) is 5.16 Å². The van der Waals surface area contributed by atoms with E-state index in [1.807, 2.05) is 0 Å². The van der Waals surface area contributed by atoms with Gasteiger partial charge in [0.2, 0.25) is 0 Å². The molecule has 0 fully saturated rings. The lowest BCUT2D eigenvalue weighted by atomic mass is 10.0. The van der Waals surface area contributed by atoms with Crippen LogP contribution < -0.4 is 0 Å². The van der Waals surface area contributed by atoms with Gasteiger partial charge in [0.15, 0.2) is 5.65 Å². The van der Waals surface area contributed by atoms with Crippen LogP contribution in [0.3, 0.4) is 0 Å². The summed E-state index contributed by atoms with van der Waals surface area (Å²) in [5.74, 6) is -1.78. The van der Waals surface area contributed by atoms with Gasteiger partial charge in [0.25, 0.3) is 0 Å². The molecule has 0 radical (unpaired) electrons. The second-order valence-electron chi connectivity index (χ2n) is 6.09. The Morgan fingerprint density at radius 2 is 2.07 bits per heavy atom. The predicted molar refractivity (Wildman–Crippen MR) is 97.9 cm³/mol. The van der Waals surface area contributed by atoms with Crippen LogP contribution in [0.1, 0.15) is 30.0 Å². The molecule has 1 aromatic carbocycles. The quantitative estimate of drug-likeness (QED) is 0.433. The van der Waals surface area contributed by atoms with Gasteiger partial charge in [0.05, 0.1) is 23.0 Å². The molecule has 0 bridgehead atoms. The minimum absolute atomic E-state index is 0.114. The molecule has 142 valence electrons. The van der Waals surface area contributed by atoms with Gasteiger partial charge in [0, 0.05) is 17.6 Å². The normalized spacial score (nSPS) is 13.2. The van der Waals surface area contributed by atoms with Crippen LogP contribution in [-0.4, -0.2) is 37.5 Å². The van der Waals surface area contributed by atoms with Gasteiger partial charge in [-0.25, -0.2) is 18.3 Å². The van der Waals surface area contributed by atoms with Gasteiger partial charge >= 0.3 is 0 Å². The van der Waals surface area contributed by atoms with E-state index >= 15 is 0 Å². The van der Waals surface area contributed by atoms with Crippen molar-refractivity contribution < 1.29 is 18.7 Å². The molecule has 0 aliphatic heterocycles. The van der Waals surface area contributed by atoms with Gasteiger partial charge in [-0.3, -0.25) is 4.98 Å². The Balaban J connectivity index is 1.88. The number of fused-ring (bicyclic) bond motifs is 2. The zero-order valence-corrected chi connectivity index (χ0v) is 15.0. The maximum atomic E-state index is 15.0. The SMILES string of the molecule is CO/N=C(\C)c1ccc2ncc(C(O)c3c(F)cc4ncccc4c3F)n2n1. The minimum atomic E-state index is -1.62. The van der Waals surface area contributed by atoms with Crippen LogP contribution in [0.5, 0.6) is 0 Å². The Morgan fingerprint density at radius 1 is 1.25 bits per heavy atom. The zero-order valence-electron chi connectivity index (χ0n) is 15.0. The standard InChI is InChI=1S/C19H15F2N5O2/c1-10(25-28-2)13-5-6-16-23-9-15(26(16)24-13)19(27)17-12(20)8-14-11(18(17)21)4-3-7-22-14/h3-9,19,27H,1-2H3/b25-10+. The number of aromatic nitrogens is 4. The summed E-state index contributed by atoms with van der Waals surface area (Å²) in [6.07, 6.45) is 1.14. The molecule has 4 aromatic rings. The molecule has 9 heteroatoms. The van der Waals surface area contributed by atoms with E-state index < -0.39 is 23.3 Å². The first kappa shape index (κ1) is 17.9. The Hall–Kier alpha value is -3.46. The molecule has 0 saturated heterocycles. The Kier molecular flexibility index (Phi) is 4.44. The van der Waals surface area contributed by atoms with E-state index in [4.69, 9.17) is 4.84 Å². The molecular formula is C19H15F2N5O2. The number of pyridine rings is 1. The second-order valence-corrected chi connectivity index (χ2v) is 6.09. The van der Waals surface area contributed by atoms with E-state index in [1.165, 1.54) is 30.1 Å². The third kappa shape index (κ3) is 2.85. The summed E-state index contributed by atoms with van der Waals surface area (Å²) in [6, 6.07) is 7.44. The summed E-state index contributed by atoms with van der Waals surface area (Å²) in [4.78, 5) is 12.8. The van der Waals surface area contributed by atoms with E-state index in [1.54, 1.807) is 25.1 Å². The summed E-state index contributed by atoms with van der Waals surface area (Å²) < 4.78 is 30.9. The Morgan fingerprint density at radius 3 is 2.86 bits per heavy atom. The largest absolute Gasteiger partial charge is 0.399 e. The molecule has 0 amide bonds. The van der Waals surface area contributed by atoms with Crippen LogP contribution >= 0.6 is 0 Å². The van der Waals surface area contributed by atoms with Crippen molar-refractivity contribution in [3.8, 4) is 0 Å². The smallest absolute Gasteiger partial charge is 0.153 e. The molecule has 1 atom stereocenters. The number of benzene rings is 1. The first-order valence-electron chi connectivity index (χ1n) is 8.34. The number of aliphatic hydroxyl groups is 1. The highest BCUT2D eigenvalue weighted by Crippen LogP contribution is 2.31. The van der Waals surface area contributed by atoms with Gasteiger partial charge in [-0.05, 0) is 31.2 Å². The van der Waals surface area contributed by atoms with Gasteiger partial charge in [0.1, 0.15) is 36.3 Å². The van der Waals surface area contributed by atoms with Crippen molar-refractivity contribution in [2.75, 3.05) is 7.11 Å². The maximum Gasteiger partial charge on any atom is 0.153 e. The monoisotopic (exact) mass is 383 g/mol. The average Bonchev–Trinajstić information content (AvgIpc) is 3.11. The number of aliphatic hydroxyl groups excluding tert-OH is 1. The van der Waals surface area contributed by atoms with Gasteiger partial charge in [-0.2, -0.15) is 5.10 Å². The van der Waals surface area contributed by atoms with Crippen LogP contribution in [0.25, 0.3) is 16.6 Å². The highest BCUT2D eigenvalue weighted by molar-refractivity contribution is 5.96. The van der Waals surface area contributed by atoms with Crippen LogP contribution in [0.2, 0.25) is 0 Å². The highest BCUT2D eigenvalue weighted by Gasteiger charge is 2.25. The van der Waals surface area contributed by atoms with Crippen LogP contribution in [0.15, 0.2) is 47.9 Å². The van der Waals surface area contributed by atoms with E-state index in [0.29, 0.717) is 17.1 Å². The van der Waals surface area contributed by atoms with Crippen LogP contribution in [0, 0.1) is 11.6 Å². The molecule has 28 heavy (non-hydrogen) atoms. The number of hydrogen-bond acceptors (Lipinski definition) is 6. The Labute approximate surface area is 157 Å². The first-order valence-corrected chi connectivity index (χ1v) is 8.34. The molecule has 3 heterocycles. The van der Waals surface area contributed by atoms with Gasteiger partial charge < -0.3 is 9.94 Å². The summed E-state index contributed by atoms with van der Waals surface area (Å²) >= 11 is 0. The van der Waals surface area contributed by atoms with Crippen LogP contribution in [-0.2, 0) is 4.84 Å². The lowest BCUT2D eigenvalue weighted by Gasteiger charge is -2.14. The fourth-order valence-corrected chi connectivity index (χ4v) is 3.02.